The van der Waals surface area contributed by atoms with E-state index in [0.717, 1.165) is 16.4 Å². The van der Waals surface area contributed by atoms with Crippen molar-refractivity contribution in [1.29, 1.82) is 0 Å². The number of carbonyl (C=O) groups is 2. The molecule has 8 nitrogen and oxygen atoms in total. The maximum atomic E-state index is 12.6. The van der Waals surface area contributed by atoms with Gasteiger partial charge in [0.15, 0.2) is 11.5 Å². The molecule has 5 rings (SSSR count). The zero-order chi connectivity index (χ0) is 20.5. The zero-order valence-electron chi connectivity index (χ0n) is 15.9. The summed E-state index contributed by atoms with van der Waals surface area (Å²) in [6, 6.07) is 11.0. The summed E-state index contributed by atoms with van der Waals surface area (Å²) in [6.45, 7) is 0.827. The van der Waals surface area contributed by atoms with Gasteiger partial charge in [0.05, 0.1) is 23.9 Å². The number of anilines is 1. The van der Waals surface area contributed by atoms with Crippen LogP contribution in [0.25, 0.3) is 10.7 Å². The van der Waals surface area contributed by atoms with Crippen LogP contribution in [0.4, 0.5) is 5.69 Å². The standard InChI is InChI=1S/C21H18N4O4S/c26-19-7-13(10-25(19)15-4-5-17-18(8-15)29-12-28-17)20(27)23-9-14-11-30-21(24-14)16-3-1-2-6-22-16/h1-6,8,11,13H,7,9-10,12H2,(H,23,27). The Kier molecular flexibility index (Phi) is 4.80. The highest BCUT2D eigenvalue weighted by Crippen LogP contribution is 2.37. The number of fused-ring (bicyclic) bond motifs is 1. The summed E-state index contributed by atoms with van der Waals surface area (Å²) in [5.41, 5.74) is 2.28. The summed E-state index contributed by atoms with van der Waals surface area (Å²) in [7, 11) is 0. The van der Waals surface area contributed by atoms with Crippen molar-refractivity contribution in [2.24, 2.45) is 5.92 Å². The minimum atomic E-state index is -0.406. The van der Waals surface area contributed by atoms with Crippen molar-refractivity contribution in [3.63, 3.8) is 0 Å². The second-order valence-electron chi connectivity index (χ2n) is 7.02. The Morgan fingerprint density at radius 1 is 1.23 bits per heavy atom. The Labute approximate surface area is 176 Å². The first-order chi connectivity index (χ1) is 14.7. The van der Waals surface area contributed by atoms with E-state index in [9.17, 15) is 9.59 Å². The van der Waals surface area contributed by atoms with Gasteiger partial charge in [0.1, 0.15) is 5.01 Å². The highest BCUT2D eigenvalue weighted by atomic mass is 32.1. The van der Waals surface area contributed by atoms with E-state index in [2.05, 4.69) is 15.3 Å². The number of hydrogen-bond donors (Lipinski definition) is 1. The predicted octanol–water partition coefficient (Wildman–Crippen LogP) is 2.60. The van der Waals surface area contributed by atoms with Crippen molar-refractivity contribution in [3.05, 3.63) is 53.7 Å². The molecule has 4 heterocycles. The van der Waals surface area contributed by atoms with Gasteiger partial charge in [-0.25, -0.2) is 4.98 Å². The molecule has 0 spiro atoms. The van der Waals surface area contributed by atoms with Gasteiger partial charge in [-0.05, 0) is 24.3 Å². The van der Waals surface area contributed by atoms with Gasteiger partial charge < -0.3 is 19.7 Å². The summed E-state index contributed by atoms with van der Waals surface area (Å²) < 4.78 is 10.7. The van der Waals surface area contributed by atoms with Crippen LogP contribution in [0.1, 0.15) is 12.1 Å². The molecule has 2 aliphatic rings. The monoisotopic (exact) mass is 422 g/mol. The van der Waals surface area contributed by atoms with Crippen LogP contribution in [-0.2, 0) is 16.1 Å². The van der Waals surface area contributed by atoms with E-state index in [4.69, 9.17) is 9.47 Å². The summed E-state index contributed by atoms with van der Waals surface area (Å²) in [5.74, 6) is 0.629. The smallest absolute Gasteiger partial charge is 0.231 e. The molecule has 1 atom stereocenters. The van der Waals surface area contributed by atoms with Gasteiger partial charge in [0.2, 0.25) is 18.6 Å². The zero-order valence-corrected chi connectivity index (χ0v) is 16.7. The molecule has 2 aliphatic heterocycles. The first-order valence-electron chi connectivity index (χ1n) is 9.51. The van der Waals surface area contributed by atoms with Gasteiger partial charge in [0, 0.05) is 36.3 Å². The number of carbonyl (C=O) groups excluding carboxylic acids is 2. The van der Waals surface area contributed by atoms with E-state index in [1.807, 2.05) is 23.6 Å². The Morgan fingerprint density at radius 2 is 2.13 bits per heavy atom. The van der Waals surface area contributed by atoms with Crippen LogP contribution in [0.15, 0.2) is 48.0 Å². The number of nitrogens with zero attached hydrogens (tertiary/aromatic N) is 3. The number of ether oxygens (including phenoxy) is 2. The topological polar surface area (TPSA) is 93.7 Å². The highest BCUT2D eigenvalue weighted by Gasteiger charge is 2.35. The summed E-state index contributed by atoms with van der Waals surface area (Å²) in [5, 5.41) is 5.62. The number of amides is 2. The summed E-state index contributed by atoms with van der Waals surface area (Å²) in [6.07, 6.45) is 1.90. The van der Waals surface area contributed by atoms with Crippen LogP contribution in [0.3, 0.4) is 0 Å². The molecule has 0 aliphatic carbocycles. The van der Waals surface area contributed by atoms with Gasteiger partial charge in [-0.1, -0.05) is 6.07 Å². The van der Waals surface area contributed by atoms with Crippen LogP contribution in [0.5, 0.6) is 11.5 Å². The van der Waals surface area contributed by atoms with Crippen molar-refractivity contribution in [1.82, 2.24) is 15.3 Å². The molecule has 2 amide bonds. The molecule has 0 saturated carbocycles. The lowest BCUT2D eigenvalue weighted by atomic mass is 10.1. The molecule has 1 unspecified atom stereocenters. The fourth-order valence-electron chi connectivity index (χ4n) is 3.50. The number of hydrogen-bond acceptors (Lipinski definition) is 7. The Balaban J connectivity index is 1.20. The number of thiazole rings is 1. The van der Waals surface area contributed by atoms with Crippen molar-refractivity contribution < 1.29 is 19.1 Å². The normalized spacial score (nSPS) is 17.4. The molecule has 152 valence electrons. The number of benzene rings is 1. The average Bonchev–Trinajstić information content (AvgIpc) is 3.51. The van der Waals surface area contributed by atoms with E-state index < -0.39 is 5.92 Å². The molecule has 0 radical (unpaired) electrons. The molecule has 1 saturated heterocycles. The van der Waals surface area contributed by atoms with E-state index in [0.29, 0.717) is 30.3 Å². The first-order valence-corrected chi connectivity index (χ1v) is 10.4. The molecule has 30 heavy (non-hydrogen) atoms. The van der Waals surface area contributed by atoms with Gasteiger partial charge in [0.25, 0.3) is 0 Å². The van der Waals surface area contributed by atoms with Gasteiger partial charge >= 0.3 is 0 Å². The molecule has 1 fully saturated rings. The number of aromatic nitrogens is 2. The maximum Gasteiger partial charge on any atom is 0.231 e. The number of rotatable bonds is 5. The summed E-state index contributed by atoms with van der Waals surface area (Å²) in [4.78, 5) is 35.5. The number of nitrogens with one attached hydrogen (secondary N) is 1. The maximum absolute atomic E-state index is 12.6. The van der Waals surface area contributed by atoms with Crippen LogP contribution < -0.4 is 19.7 Å². The van der Waals surface area contributed by atoms with Crippen LogP contribution in [0.2, 0.25) is 0 Å². The highest BCUT2D eigenvalue weighted by molar-refractivity contribution is 7.13. The first kappa shape index (κ1) is 18.6. The Hall–Kier alpha value is -3.46. The second-order valence-corrected chi connectivity index (χ2v) is 7.88. The second kappa shape index (κ2) is 7.75. The minimum Gasteiger partial charge on any atom is -0.454 e. The van der Waals surface area contributed by atoms with Crippen LogP contribution in [0, 0.1) is 5.92 Å². The van der Waals surface area contributed by atoms with E-state index >= 15 is 0 Å². The van der Waals surface area contributed by atoms with Crippen molar-refractivity contribution in [2.45, 2.75) is 13.0 Å². The van der Waals surface area contributed by atoms with Gasteiger partial charge in [-0.15, -0.1) is 11.3 Å². The predicted molar refractivity (Wildman–Crippen MR) is 110 cm³/mol. The van der Waals surface area contributed by atoms with Gasteiger partial charge in [-0.3, -0.25) is 14.6 Å². The number of pyridine rings is 1. The molecule has 0 bridgehead atoms. The lowest BCUT2D eigenvalue weighted by Gasteiger charge is -2.17. The molecule has 3 aromatic rings. The Bertz CT molecular complexity index is 1100. The molecule has 1 aromatic carbocycles. The van der Waals surface area contributed by atoms with Crippen LogP contribution >= 0.6 is 11.3 Å². The van der Waals surface area contributed by atoms with Crippen molar-refractivity contribution >= 4 is 28.8 Å². The van der Waals surface area contributed by atoms with Crippen molar-refractivity contribution in [3.8, 4) is 22.2 Å². The SMILES string of the molecule is O=C(NCc1csc(-c2ccccn2)n1)C1CC(=O)N(c2ccc3c(c2)OCO3)C1. The molecular weight excluding hydrogens is 404 g/mol. The molecular formula is C21H18N4O4S. The average molecular weight is 422 g/mol. The fourth-order valence-corrected chi connectivity index (χ4v) is 4.30. The fraction of sp³-hybridized carbons (Fsp3) is 0.238. The lowest BCUT2D eigenvalue weighted by molar-refractivity contribution is -0.126. The largest absolute Gasteiger partial charge is 0.454 e. The molecule has 1 N–H and O–H groups in total. The van der Waals surface area contributed by atoms with E-state index in [1.54, 1.807) is 29.3 Å². The van der Waals surface area contributed by atoms with E-state index in [-0.39, 0.29) is 25.0 Å². The minimum absolute atomic E-state index is 0.0832. The summed E-state index contributed by atoms with van der Waals surface area (Å²) >= 11 is 1.48. The molecule has 2 aromatic heterocycles. The van der Waals surface area contributed by atoms with E-state index in [1.165, 1.54) is 11.3 Å². The quantitative estimate of drug-likeness (QED) is 0.679. The third-order valence-electron chi connectivity index (χ3n) is 5.04. The third-order valence-corrected chi connectivity index (χ3v) is 5.96. The lowest BCUT2D eigenvalue weighted by Crippen LogP contribution is -2.32. The molecule has 9 heteroatoms. The van der Waals surface area contributed by atoms with Crippen molar-refractivity contribution in [2.75, 3.05) is 18.2 Å². The Morgan fingerprint density at radius 3 is 3.00 bits per heavy atom. The van der Waals surface area contributed by atoms with Crippen LogP contribution in [-0.4, -0.2) is 35.1 Å². The van der Waals surface area contributed by atoms with Gasteiger partial charge in [-0.2, -0.15) is 0 Å². The third kappa shape index (κ3) is 3.59.